The monoisotopic (exact) mass is 473 g/mol. The fourth-order valence-corrected chi connectivity index (χ4v) is 6.49. The highest BCUT2D eigenvalue weighted by molar-refractivity contribution is 5.86. The molecular formula is C28H44FN3O2. The van der Waals surface area contributed by atoms with Crippen LogP contribution >= 0.6 is 0 Å². The minimum Gasteiger partial charge on any atom is -0.467 e. The largest absolute Gasteiger partial charge is 0.467 e. The molecule has 1 fully saturated rings. The zero-order valence-corrected chi connectivity index (χ0v) is 22.0. The number of nitrogens with zero attached hydrogens (tertiary/aromatic N) is 3. The Hall–Kier alpha value is -1.95. The van der Waals surface area contributed by atoms with Crippen molar-refractivity contribution in [2.45, 2.75) is 83.3 Å². The first-order chi connectivity index (χ1) is 16.2. The van der Waals surface area contributed by atoms with Gasteiger partial charge < -0.3 is 14.5 Å². The van der Waals surface area contributed by atoms with Crippen LogP contribution in [0.5, 0.6) is 0 Å². The minimum atomic E-state index is -0.822. The summed E-state index contributed by atoms with van der Waals surface area (Å²) >= 11 is 0. The summed E-state index contributed by atoms with van der Waals surface area (Å²) in [4.78, 5) is 22.7. The Bertz CT molecular complexity index is 835. The molecule has 1 heterocycles. The van der Waals surface area contributed by atoms with Gasteiger partial charge in [0.2, 0.25) is 0 Å². The fourth-order valence-electron chi connectivity index (χ4n) is 6.49. The maximum Gasteiger partial charge on any atom is 0.335 e. The number of methoxy groups -OCH3 is 1. The summed E-state index contributed by atoms with van der Waals surface area (Å²) in [6, 6.07) is 7.28. The molecule has 3 rings (SSSR count). The third-order valence-electron chi connectivity index (χ3n) is 7.77. The van der Waals surface area contributed by atoms with Gasteiger partial charge in [-0.25, -0.2) is 9.18 Å². The lowest BCUT2D eigenvalue weighted by Crippen LogP contribution is -2.56. The number of halogens is 1. The topological polar surface area (TPSA) is 45.1 Å². The van der Waals surface area contributed by atoms with Crippen molar-refractivity contribution < 1.29 is 13.9 Å². The molecular weight excluding hydrogens is 429 g/mol. The number of ether oxygens (including phenoxy) is 1. The molecule has 0 amide bonds. The average molecular weight is 474 g/mol. The molecule has 0 bridgehead atoms. The first-order valence-corrected chi connectivity index (χ1v) is 13.0. The van der Waals surface area contributed by atoms with E-state index in [9.17, 15) is 9.18 Å². The smallest absolute Gasteiger partial charge is 0.335 e. The molecule has 0 spiro atoms. The number of rotatable bonds is 10. The van der Waals surface area contributed by atoms with E-state index in [1.54, 1.807) is 6.07 Å². The van der Waals surface area contributed by atoms with Crippen LogP contribution in [-0.4, -0.2) is 61.4 Å². The van der Waals surface area contributed by atoms with Crippen LogP contribution < -0.4 is 0 Å². The second-order valence-electron chi connectivity index (χ2n) is 10.9. The maximum absolute atomic E-state index is 14.0. The Morgan fingerprint density at radius 3 is 2.53 bits per heavy atom. The summed E-state index contributed by atoms with van der Waals surface area (Å²) in [6.45, 7) is 7.43. The van der Waals surface area contributed by atoms with Crippen LogP contribution in [0.3, 0.4) is 0 Å². The summed E-state index contributed by atoms with van der Waals surface area (Å²) in [7, 11) is 5.66. The van der Waals surface area contributed by atoms with E-state index in [0.29, 0.717) is 24.2 Å². The van der Waals surface area contributed by atoms with Crippen molar-refractivity contribution in [1.82, 2.24) is 9.80 Å². The van der Waals surface area contributed by atoms with Gasteiger partial charge in [-0.3, -0.25) is 4.99 Å². The van der Waals surface area contributed by atoms with Gasteiger partial charge in [0.25, 0.3) is 0 Å². The third-order valence-corrected chi connectivity index (χ3v) is 7.77. The molecule has 2 aliphatic rings. The van der Waals surface area contributed by atoms with Gasteiger partial charge in [-0.2, -0.15) is 0 Å². The normalized spacial score (nSPS) is 28.0. The van der Waals surface area contributed by atoms with Gasteiger partial charge in [-0.1, -0.05) is 39.3 Å². The molecule has 0 saturated heterocycles. The Morgan fingerprint density at radius 2 is 1.97 bits per heavy atom. The van der Waals surface area contributed by atoms with Crippen LogP contribution in [-0.2, 0) is 9.53 Å². The second-order valence-corrected chi connectivity index (χ2v) is 10.9. The van der Waals surface area contributed by atoms with Gasteiger partial charge in [0.1, 0.15) is 5.82 Å². The van der Waals surface area contributed by atoms with Crippen LogP contribution in [0.4, 0.5) is 4.39 Å². The molecule has 1 aromatic rings. The molecule has 3 atom stereocenters. The Labute approximate surface area is 205 Å². The highest BCUT2D eigenvalue weighted by atomic mass is 19.1. The SMILES string of the molecule is CCCCN1C=NC(CC(C)C)(C(=O)OC)C1C1CCC(C(c2cccc(F)c2)N(C)C)CC1. The van der Waals surface area contributed by atoms with Gasteiger partial charge in [-0.05, 0) is 88.1 Å². The number of unbranched alkanes of at least 4 members (excludes halogenated alkanes) is 1. The molecule has 1 aliphatic carbocycles. The molecule has 34 heavy (non-hydrogen) atoms. The van der Waals surface area contributed by atoms with Crippen molar-refractivity contribution >= 4 is 12.3 Å². The number of hydrogen-bond acceptors (Lipinski definition) is 5. The lowest BCUT2D eigenvalue weighted by molar-refractivity contribution is -0.150. The first kappa shape index (κ1) is 26.7. The van der Waals surface area contributed by atoms with Crippen molar-refractivity contribution in [3.63, 3.8) is 0 Å². The Balaban J connectivity index is 1.83. The summed E-state index contributed by atoms with van der Waals surface area (Å²) in [5.41, 5.74) is 0.225. The molecule has 0 aromatic heterocycles. The van der Waals surface area contributed by atoms with Crippen LogP contribution in [0.1, 0.15) is 77.3 Å². The summed E-state index contributed by atoms with van der Waals surface area (Å²) in [5, 5.41) is 0. The molecule has 0 N–H and O–H groups in total. The van der Waals surface area contributed by atoms with E-state index in [1.807, 2.05) is 18.5 Å². The third kappa shape index (κ3) is 5.64. The number of carbonyl (C=O) groups is 1. The average Bonchev–Trinajstić information content (AvgIpc) is 3.16. The first-order valence-electron chi connectivity index (χ1n) is 13.0. The van der Waals surface area contributed by atoms with Gasteiger partial charge in [0.05, 0.1) is 19.5 Å². The zero-order valence-electron chi connectivity index (χ0n) is 22.0. The standard InChI is InChI=1S/C28H44FN3O2/c1-7-8-16-32-19-30-28(18-20(2)3,27(33)34-6)26(32)22-14-12-21(13-15-22)25(31(4)5)23-10-9-11-24(29)17-23/h9-11,17,19-22,25-26H,7-8,12-16,18H2,1-6H3. The quantitative estimate of drug-likeness (QED) is 0.409. The van der Waals surface area contributed by atoms with E-state index < -0.39 is 5.54 Å². The van der Waals surface area contributed by atoms with E-state index in [2.05, 4.69) is 44.7 Å². The minimum absolute atomic E-state index is 0.0434. The zero-order chi connectivity index (χ0) is 24.9. The highest BCUT2D eigenvalue weighted by Crippen LogP contribution is 2.46. The molecule has 0 radical (unpaired) electrons. The van der Waals surface area contributed by atoms with E-state index in [4.69, 9.17) is 9.73 Å². The van der Waals surface area contributed by atoms with E-state index in [1.165, 1.54) is 13.2 Å². The Kier molecular flexibility index (Phi) is 9.14. The van der Waals surface area contributed by atoms with Crippen molar-refractivity contribution in [2.24, 2.45) is 22.7 Å². The van der Waals surface area contributed by atoms with E-state index in [0.717, 1.165) is 50.6 Å². The van der Waals surface area contributed by atoms with Gasteiger partial charge in [-0.15, -0.1) is 0 Å². The van der Waals surface area contributed by atoms with Crippen molar-refractivity contribution in [3.8, 4) is 0 Å². The molecule has 1 aliphatic heterocycles. The molecule has 5 nitrogen and oxygen atoms in total. The van der Waals surface area contributed by atoms with Crippen molar-refractivity contribution in [3.05, 3.63) is 35.6 Å². The second kappa shape index (κ2) is 11.7. The van der Waals surface area contributed by atoms with Crippen LogP contribution in [0.2, 0.25) is 0 Å². The predicted octanol–water partition coefficient (Wildman–Crippen LogP) is 5.71. The number of hydrogen-bond donors (Lipinski definition) is 0. The number of carbonyl (C=O) groups excluding carboxylic acids is 1. The van der Waals surface area contributed by atoms with Crippen LogP contribution in [0.15, 0.2) is 29.3 Å². The van der Waals surface area contributed by atoms with Crippen LogP contribution in [0.25, 0.3) is 0 Å². The summed E-state index contributed by atoms with van der Waals surface area (Å²) in [6.07, 6.45) is 9.02. The molecule has 1 aromatic carbocycles. The van der Waals surface area contributed by atoms with Crippen molar-refractivity contribution in [2.75, 3.05) is 27.7 Å². The maximum atomic E-state index is 14.0. The number of aliphatic imine (C=N–C) groups is 1. The summed E-state index contributed by atoms with van der Waals surface area (Å²) in [5.74, 6) is 0.798. The van der Waals surface area contributed by atoms with Gasteiger partial charge in [0.15, 0.2) is 5.54 Å². The van der Waals surface area contributed by atoms with Gasteiger partial charge >= 0.3 is 5.97 Å². The highest BCUT2D eigenvalue weighted by Gasteiger charge is 2.55. The number of benzene rings is 1. The van der Waals surface area contributed by atoms with Crippen LogP contribution in [0, 0.1) is 23.6 Å². The number of esters is 1. The Morgan fingerprint density at radius 1 is 1.26 bits per heavy atom. The van der Waals surface area contributed by atoms with E-state index >= 15 is 0 Å². The van der Waals surface area contributed by atoms with Gasteiger partial charge in [0, 0.05) is 12.6 Å². The molecule has 6 heteroatoms. The predicted molar refractivity (Wildman–Crippen MR) is 136 cm³/mol. The molecule has 1 saturated carbocycles. The molecule has 3 unspecified atom stereocenters. The molecule has 190 valence electrons. The van der Waals surface area contributed by atoms with Crippen molar-refractivity contribution in [1.29, 1.82) is 0 Å². The summed E-state index contributed by atoms with van der Waals surface area (Å²) < 4.78 is 19.3. The van der Waals surface area contributed by atoms with E-state index in [-0.39, 0.29) is 23.9 Å². The lowest BCUT2D eigenvalue weighted by Gasteiger charge is -2.45. The fraction of sp³-hybridized carbons (Fsp3) is 0.714. The lowest BCUT2D eigenvalue weighted by atomic mass is 9.68.